The van der Waals surface area contributed by atoms with Crippen molar-refractivity contribution in [3.63, 3.8) is 0 Å². The third-order valence-corrected chi connectivity index (χ3v) is 5.60. The molecule has 124 valence electrons. The first-order valence-electron chi connectivity index (χ1n) is 6.94. The molecule has 8 heteroatoms. The Kier molecular flexibility index (Phi) is 5.97. The summed E-state index contributed by atoms with van der Waals surface area (Å²) < 4.78 is 26.1. The highest BCUT2D eigenvalue weighted by atomic mass is 35.5. The minimum absolute atomic E-state index is 0. The van der Waals surface area contributed by atoms with Gasteiger partial charge in [0.1, 0.15) is 0 Å². The van der Waals surface area contributed by atoms with Gasteiger partial charge in [0, 0.05) is 5.69 Å². The second-order valence-corrected chi connectivity index (χ2v) is 7.31. The van der Waals surface area contributed by atoms with Crippen molar-refractivity contribution in [1.82, 2.24) is 4.72 Å². The van der Waals surface area contributed by atoms with Crippen molar-refractivity contribution in [2.75, 3.05) is 12.4 Å². The van der Waals surface area contributed by atoms with Gasteiger partial charge < -0.3 is 11.1 Å². The first kappa shape index (κ1) is 18.9. The lowest BCUT2D eigenvalue weighted by atomic mass is 9.98. The summed E-state index contributed by atoms with van der Waals surface area (Å²) in [4.78, 5) is 12.5. The van der Waals surface area contributed by atoms with Crippen LogP contribution in [-0.4, -0.2) is 26.9 Å². The molecule has 0 heterocycles. The maximum absolute atomic E-state index is 12.3. The highest BCUT2D eigenvalue weighted by molar-refractivity contribution is 7.89. The number of anilines is 1. The standard InChI is InChI=1S/C14H21N3O3S.ClH/c1-10-11(6-5-7-12(10)21(19,20)16-2)17-13(18)14(15)8-3-4-9-14;/h5-7,16H,3-4,8-9,15H2,1-2H3,(H,17,18);1H. The summed E-state index contributed by atoms with van der Waals surface area (Å²) in [5.74, 6) is -0.248. The van der Waals surface area contributed by atoms with Crippen molar-refractivity contribution in [2.45, 2.75) is 43.0 Å². The quantitative estimate of drug-likeness (QED) is 0.768. The Bertz CT molecular complexity index is 655. The van der Waals surface area contributed by atoms with Gasteiger partial charge in [-0.1, -0.05) is 18.9 Å². The summed E-state index contributed by atoms with van der Waals surface area (Å²) in [5, 5.41) is 2.77. The Morgan fingerprint density at radius 2 is 1.86 bits per heavy atom. The number of sulfonamides is 1. The number of hydrogen-bond acceptors (Lipinski definition) is 4. The van der Waals surface area contributed by atoms with Crippen molar-refractivity contribution in [1.29, 1.82) is 0 Å². The molecule has 1 fully saturated rings. The smallest absolute Gasteiger partial charge is 0.244 e. The molecule has 0 unspecified atom stereocenters. The molecule has 1 aliphatic rings. The molecule has 1 aromatic rings. The SMILES string of the molecule is CNS(=O)(=O)c1cccc(NC(=O)C2(N)CCCC2)c1C.Cl. The average Bonchev–Trinajstić information content (AvgIpc) is 2.89. The molecule has 0 radical (unpaired) electrons. The van der Waals surface area contributed by atoms with Crippen LogP contribution in [0.3, 0.4) is 0 Å². The highest BCUT2D eigenvalue weighted by Gasteiger charge is 2.37. The summed E-state index contributed by atoms with van der Waals surface area (Å²) in [6.07, 6.45) is 3.20. The lowest BCUT2D eigenvalue weighted by Gasteiger charge is -2.23. The summed E-state index contributed by atoms with van der Waals surface area (Å²) >= 11 is 0. The molecule has 1 amide bonds. The third-order valence-electron chi connectivity index (χ3n) is 4.04. The number of hydrogen-bond donors (Lipinski definition) is 3. The Labute approximate surface area is 137 Å². The number of carbonyl (C=O) groups excluding carboxylic acids is 1. The fourth-order valence-electron chi connectivity index (χ4n) is 2.63. The Balaban J connectivity index is 0.00000242. The molecule has 22 heavy (non-hydrogen) atoms. The largest absolute Gasteiger partial charge is 0.324 e. The second kappa shape index (κ2) is 6.95. The normalized spacial score (nSPS) is 16.9. The second-order valence-electron chi connectivity index (χ2n) is 5.45. The predicted molar refractivity (Wildman–Crippen MR) is 88.7 cm³/mol. The van der Waals surface area contributed by atoms with Crippen molar-refractivity contribution in [3.05, 3.63) is 23.8 Å². The molecule has 4 N–H and O–H groups in total. The number of benzene rings is 1. The van der Waals surface area contributed by atoms with Crippen LogP contribution in [0.25, 0.3) is 0 Å². The van der Waals surface area contributed by atoms with Crippen molar-refractivity contribution in [2.24, 2.45) is 5.73 Å². The van der Waals surface area contributed by atoms with Gasteiger partial charge in [-0.3, -0.25) is 4.79 Å². The van der Waals surface area contributed by atoms with E-state index in [1.165, 1.54) is 13.1 Å². The van der Waals surface area contributed by atoms with Crippen LogP contribution in [0, 0.1) is 6.92 Å². The molecule has 0 spiro atoms. The molecule has 0 atom stereocenters. The van der Waals surface area contributed by atoms with E-state index in [0.717, 1.165) is 12.8 Å². The van der Waals surface area contributed by atoms with E-state index in [1.807, 2.05) is 0 Å². The monoisotopic (exact) mass is 347 g/mol. The Morgan fingerprint density at radius 3 is 2.41 bits per heavy atom. The first-order valence-corrected chi connectivity index (χ1v) is 8.42. The van der Waals surface area contributed by atoms with Gasteiger partial charge in [0.05, 0.1) is 10.4 Å². The van der Waals surface area contributed by atoms with Crippen LogP contribution in [0.2, 0.25) is 0 Å². The van der Waals surface area contributed by atoms with Crippen LogP contribution >= 0.6 is 12.4 Å². The maximum Gasteiger partial charge on any atom is 0.244 e. The van der Waals surface area contributed by atoms with Gasteiger partial charge in [0.15, 0.2) is 0 Å². The Hall–Kier alpha value is -1.15. The van der Waals surface area contributed by atoms with Gasteiger partial charge in [-0.15, -0.1) is 12.4 Å². The average molecular weight is 348 g/mol. The highest BCUT2D eigenvalue weighted by Crippen LogP contribution is 2.30. The van der Waals surface area contributed by atoms with Crippen LogP contribution in [0.5, 0.6) is 0 Å². The minimum atomic E-state index is -3.55. The molecule has 0 saturated heterocycles. The zero-order chi connectivity index (χ0) is 15.7. The van der Waals surface area contributed by atoms with E-state index in [1.54, 1.807) is 19.1 Å². The van der Waals surface area contributed by atoms with E-state index in [0.29, 0.717) is 24.1 Å². The van der Waals surface area contributed by atoms with E-state index in [9.17, 15) is 13.2 Å². The summed E-state index contributed by atoms with van der Waals surface area (Å²) in [6, 6.07) is 4.79. The molecule has 0 bridgehead atoms. The van der Waals surface area contributed by atoms with Gasteiger partial charge in [-0.05, 0) is 44.5 Å². The Morgan fingerprint density at radius 1 is 1.27 bits per heavy atom. The maximum atomic E-state index is 12.3. The first-order chi connectivity index (χ1) is 9.80. The molecule has 1 aliphatic carbocycles. The van der Waals surface area contributed by atoms with E-state index in [4.69, 9.17) is 5.73 Å². The summed E-state index contributed by atoms with van der Waals surface area (Å²) in [6.45, 7) is 1.66. The number of nitrogens with two attached hydrogens (primary N) is 1. The zero-order valence-electron chi connectivity index (χ0n) is 12.7. The third kappa shape index (κ3) is 3.60. The number of halogens is 1. The predicted octanol–water partition coefficient (Wildman–Crippen LogP) is 1.53. The fourth-order valence-corrected chi connectivity index (χ4v) is 3.62. The summed E-state index contributed by atoms with van der Waals surface area (Å²) in [7, 11) is -2.20. The van der Waals surface area contributed by atoms with Crippen molar-refractivity contribution in [3.8, 4) is 0 Å². The van der Waals surface area contributed by atoms with Crippen LogP contribution in [-0.2, 0) is 14.8 Å². The van der Waals surface area contributed by atoms with Crippen LogP contribution < -0.4 is 15.8 Å². The number of carbonyl (C=O) groups is 1. The van der Waals surface area contributed by atoms with Crippen LogP contribution in [0.1, 0.15) is 31.2 Å². The fraction of sp³-hybridized carbons (Fsp3) is 0.500. The molecule has 2 rings (SSSR count). The minimum Gasteiger partial charge on any atom is -0.324 e. The van der Waals surface area contributed by atoms with Gasteiger partial charge >= 0.3 is 0 Å². The van der Waals surface area contributed by atoms with Crippen LogP contribution in [0.4, 0.5) is 5.69 Å². The molecular weight excluding hydrogens is 326 g/mol. The van der Waals surface area contributed by atoms with E-state index >= 15 is 0 Å². The number of rotatable bonds is 4. The molecule has 1 aromatic carbocycles. The topological polar surface area (TPSA) is 101 Å². The molecule has 0 aliphatic heterocycles. The van der Waals surface area contributed by atoms with E-state index in [2.05, 4.69) is 10.0 Å². The van der Waals surface area contributed by atoms with E-state index < -0.39 is 15.6 Å². The van der Waals surface area contributed by atoms with Crippen LogP contribution in [0.15, 0.2) is 23.1 Å². The van der Waals surface area contributed by atoms with Gasteiger partial charge in [-0.25, -0.2) is 13.1 Å². The molecular formula is C14H22ClN3O3S. The lowest BCUT2D eigenvalue weighted by molar-refractivity contribution is -0.121. The van der Waals surface area contributed by atoms with Gasteiger partial charge in [0.2, 0.25) is 15.9 Å². The van der Waals surface area contributed by atoms with Crippen molar-refractivity contribution < 1.29 is 13.2 Å². The molecule has 6 nitrogen and oxygen atoms in total. The molecule has 1 saturated carbocycles. The van der Waals surface area contributed by atoms with Gasteiger partial charge in [-0.2, -0.15) is 0 Å². The van der Waals surface area contributed by atoms with Gasteiger partial charge in [0.25, 0.3) is 0 Å². The van der Waals surface area contributed by atoms with E-state index in [-0.39, 0.29) is 23.2 Å². The zero-order valence-corrected chi connectivity index (χ0v) is 14.3. The molecule has 0 aromatic heterocycles. The van der Waals surface area contributed by atoms with Crippen molar-refractivity contribution >= 4 is 34.0 Å². The lowest BCUT2D eigenvalue weighted by Crippen LogP contribution is -2.48. The number of amides is 1. The summed E-state index contributed by atoms with van der Waals surface area (Å²) in [5.41, 5.74) is 6.25. The number of nitrogens with one attached hydrogen (secondary N) is 2.